The lowest BCUT2D eigenvalue weighted by molar-refractivity contribution is 0.209. The van der Waals surface area contributed by atoms with Crippen LogP contribution in [0.1, 0.15) is 37.1 Å². The van der Waals surface area contributed by atoms with Crippen LogP contribution in [0.25, 0.3) is 0 Å². The molecule has 1 aliphatic carbocycles. The molecule has 1 saturated heterocycles. The number of aryl methyl sites for hydroxylation is 2. The number of likely N-dealkylation sites (tertiary alicyclic amines) is 1. The molecule has 2 fully saturated rings. The minimum absolute atomic E-state index is 0.620. The van der Waals surface area contributed by atoms with Crippen LogP contribution < -0.4 is 4.90 Å². The highest BCUT2D eigenvalue weighted by molar-refractivity contribution is 5.43. The summed E-state index contributed by atoms with van der Waals surface area (Å²) in [5.74, 6) is 1.13. The first kappa shape index (κ1) is 16.5. The monoisotopic (exact) mass is 340 g/mol. The van der Waals surface area contributed by atoms with Crippen LogP contribution in [0.4, 0.5) is 5.82 Å². The highest BCUT2D eigenvalue weighted by atomic mass is 15.3. The molecule has 0 N–H and O–H groups in total. The standard InChI is InChI=1S/C19H28N6/c1-15-11-19(22-13-21-15)25(16-3-4-16)17-5-8-24(9-6-17)10-7-18-12-20-14-23(18)2/h11-14,16-17H,3-10H2,1-2H3. The normalized spacial score (nSPS) is 19.3. The van der Waals surface area contributed by atoms with E-state index in [-0.39, 0.29) is 0 Å². The van der Waals surface area contributed by atoms with Crippen LogP contribution >= 0.6 is 0 Å². The maximum atomic E-state index is 4.57. The first-order valence-corrected chi connectivity index (χ1v) is 9.45. The first-order chi connectivity index (χ1) is 12.2. The molecule has 0 spiro atoms. The Balaban J connectivity index is 1.34. The summed E-state index contributed by atoms with van der Waals surface area (Å²) in [6, 6.07) is 3.46. The number of hydrogen-bond donors (Lipinski definition) is 0. The Morgan fingerprint density at radius 3 is 2.52 bits per heavy atom. The summed E-state index contributed by atoms with van der Waals surface area (Å²) in [5, 5.41) is 0. The second-order valence-corrected chi connectivity index (χ2v) is 7.47. The zero-order valence-corrected chi connectivity index (χ0v) is 15.3. The fraction of sp³-hybridized carbons (Fsp3) is 0.632. The Hall–Kier alpha value is -1.95. The summed E-state index contributed by atoms with van der Waals surface area (Å²) in [6.45, 7) is 5.53. The Morgan fingerprint density at radius 1 is 1.12 bits per heavy atom. The number of rotatable bonds is 6. The van der Waals surface area contributed by atoms with Crippen LogP contribution in [0, 0.1) is 6.92 Å². The number of aromatic nitrogens is 4. The Morgan fingerprint density at radius 2 is 1.88 bits per heavy atom. The van der Waals surface area contributed by atoms with E-state index in [2.05, 4.69) is 49.4 Å². The van der Waals surface area contributed by atoms with Gasteiger partial charge < -0.3 is 14.4 Å². The van der Waals surface area contributed by atoms with Gasteiger partial charge in [-0.2, -0.15) is 0 Å². The molecule has 1 aliphatic heterocycles. The van der Waals surface area contributed by atoms with Crippen molar-refractivity contribution in [2.75, 3.05) is 24.5 Å². The Bertz CT molecular complexity index is 699. The van der Waals surface area contributed by atoms with E-state index in [1.54, 1.807) is 6.33 Å². The van der Waals surface area contributed by atoms with Crippen LogP contribution in [0.3, 0.4) is 0 Å². The molecule has 0 amide bonds. The number of anilines is 1. The fourth-order valence-corrected chi connectivity index (χ4v) is 3.93. The molecule has 2 aromatic rings. The van der Waals surface area contributed by atoms with Crippen molar-refractivity contribution in [3.05, 3.63) is 36.3 Å². The molecular formula is C19H28N6. The largest absolute Gasteiger partial charge is 0.350 e. The van der Waals surface area contributed by atoms with Gasteiger partial charge in [0, 0.05) is 68.8 Å². The van der Waals surface area contributed by atoms with E-state index in [1.807, 2.05) is 12.5 Å². The average molecular weight is 340 g/mol. The van der Waals surface area contributed by atoms with E-state index in [1.165, 1.54) is 44.5 Å². The molecule has 3 heterocycles. The van der Waals surface area contributed by atoms with E-state index in [0.29, 0.717) is 12.1 Å². The number of hydrogen-bond acceptors (Lipinski definition) is 5. The Kier molecular flexibility index (Phi) is 4.70. The van der Waals surface area contributed by atoms with Gasteiger partial charge in [0.1, 0.15) is 12.1 Å². The predicted octanol–water partition coefficient (Wildman–Crippen LogP) is 2.19. The number of piperidine rings is 1. The maximum Gasteiger partial charge on any atom is 0.132 e. The molecule has 134 valence electrons. The highest BCUT2D eigenvalue weighted by Gasteiger charge is 2.36. The Labute approximate surface area is 149 Å². The van der Waals surface area contributed by atoms with E-state index < -0.39 is 0 Å². The molecule has 0 bridgehead atoms. The molecule has 0 aromatic carbocycles. The average Bonchev–Trinajstić information content (AvgIpc) is 3.36. The third-order valence-electron chi connectivity index (χ3n) is 5.55. The van der Waals surface area contributed by atoms with Crippen LogP contribution in [0.15, 0.2) is 24.9 Å². The molecule has 4 rings (SSSR count). The van der Waals surface area contributed by atoms with Gasteiger partial charge in [0.25, 0.3) is 0 Å². The summed E-state index contributed by atoms with van der Waals surface area (Å²) < 4.78 is 2.12. The topological polar surface area (TPSA) is 50.1 Å². The van der Waals surface area contributed by atoms with Crippen molar-refractivity contribution in [3.63, 3.8) is 0 Å². The van der Waals surface area contributed by atoms with Crippen LogP contribution in [0.2, 0.25) is 0 Å². The van der Waals surface area contributed by atoms with Gasteiger partial charge in [-0.05, 0) is 32.6 Å². The van der Waals surface area contributed by atoms with E-state index in [0.717, 1.165) is 24.5 Å². The molecule has 0 atom stereocenters. The zero-order valence-electron chi connectivity index (χ0n) is 15.3. The highest BCUT2D eigenvalue weighted by Crippen LogP contribution is 2.35. The van der Waals surface area contributed by atoms with Crippen molar-refractivity contribution >= 4 is 5.82 Å². The summed E-state index contributed by atoms with van der Waals surface area (Å²) >= 11 is 0. The maximum absolute atomic E-state index is 4.57. The van der Waals surface area contributed by atoms with Crippen LogP contribution in [0.5, 0.6) is 0 Å². The van der Waals surface area contributed by atoms with Gasteiger partial charge >= 0.3 is 0 Å². The molecule has 6 heteroatoms. The van der Waals surface area contributed by atoms with Crippen LogP contribution in [-0.2, 0) is 13.5 Å². The van der Waals surface area contributed by atoms with E-state index in [4.69, 9.17) is 0 Å². The fourth-order valence-electron chi connectivity index (χ4n) is 3.93. The van der Waals surface area contributed by atoms with Crippen molar-refractivity contribution in [3.8, 4) is 0 Å². The molecule has 2 aliphatic rings. The zero-order chi connectivity index (χ0) is 17.2. The van der Waals surface area contributed by atoms with Gasteiger partial charge in [0.2, 0.25) is 0 Å². The number of nitrogens with zero attached hydrogens (tertiary/aromatic N) is 6. The van der Waals surface area contributed by atoms with Gasteiger partial charge in [-0.15, -0.1) is 0 Å². The van der Waals surface area contributed by atoms with Gasteiger partial charge in [-0.3, -0.25) is 0 Å². The minimum Gasteiger partial charge on any atom is -0.350 e. The quantitative estimate of drug-likeness (QED) is 0.807. The van der Waals surface area contributed by atoms with Crippen molar-refractivity contribution in [1.29, 1.82) is 0 Å². The van der Waals surface area contributed by atoms with Gasteiger partial charge in [0.05, 0.1) is 6.33 Å². The molecular weight excluding hydrogens is 312 g/mol. The van der Waals surface area contributed by atoms with E-state index in [9.17, 15) is 0 Å². The van der Waals surface area contributed by atoms with Crippen molar-refractivity contribution in [1.82, 2.24) is 24.4 Å². The lowest BCUT2D eigenvalue weighted by atomic mass is 10.0. The van der Waals surface area contributed by atoms with Gasteiger partial charge in [-0.1, -0.05) is 0 Å². The summed E-state index contributed by atoms with van der Waals surface area (Å²) in [5.41, 5.74) is 2.38. The lowest BCUT2D eigenvalue weighted by Gasteiger charge is -2.39. The SMILES string of the molecule is Cc1cc(N(C2CC2)C2CCN(CCc3cncn3C)CC2)ncn1. The van der Waals surface area contributed by atoms with Crippen molar-refractivity contribution in [2.24, 2.45) is 7.05 Å². The van der Waals surface area contributed by atoms with E-state index >= 15 is 0 Å². The molecule has 25 heavy (non-hydrogen) atoms. The first-order valence-electron chi connectivity index (χ1n) is 9.45. The molecule has 2 aromatic heterocycles. The van der Waals surface area contributed by atoms with Gasteiger partial charge in [-0.25, -0.2) is 15.0 Å². The molecule has 1 saturated carbocycles. The van der Waals surface area contributed by atoms with Crippen LogP contribution in [-0.4, -0.2) is 56.1 Å². The minimum atomic E-state index is 0.620. The second-order valence-electron chi connectivity index (χ2n) is 7.47. The molecule has 0 radical (unpaired) electrons. The summed E-state index contributed by atoms with van der Waals surface area (Å²) in [7, 11) is 2.08. The number of imidazole rings is 1. The van der Waals surface area contributed by atoms with Gasteiger partial charge in [0.15, 0.2) is 0 Å². The summed E-state index contributed by atoms with van der Waals surface area (Å²) in [6.07, 6.45) is 11.7. The predicted molar refractivity (Wildman–Crippen MR) is 98.6 cm³/mol. The third-order valence-corrected chi connectivity index (χ3v) is 5.55. The second kappa shape index (κ2) is 7.12. The molecule has 0 unspecified atom stereocenters. The van der Waals surface area contributed by atoms with Crippen molar-refractivity contribution in [2.45, 2.75) is 51.1 Å². The molecule has 6 nitrogen and oxygen atoms in total. The third kappa shape index (κ3) is 3.84. The summed E-state index contributed by atoms with van der Waals surface area (Å²) in [4.78, 5) is 18.2. The van der Waals surface area contributed by atoms with Crippen molar-refractivity contribution < 1.29 is 0 Å². The lowest BCUT2D eigenvalue weighted by Crippen LogP contribution is -2.46. The smallest absolute Gasteiger partial charge is 0.132 e.